The second-order valence-electron chi connectivity index (χ2n) is 6.37. The molecule has 6 nitrogen and oxygen atoms in total. The summed E-state index contributed by atoms with van der Waals surface area (Å²) in [7, 11) is 0. The molecule has 0 unspecified atom stereocenters. The lowest BCUT2D eigenvalue weighted by Gasteiger charge is -2.37. The molecule has 25 heavy (non-hydrogen) atoms. The number of carboxylic acid groups (broad SMARTS) is 1. The Hall–Kier alpha value is -3.15. The van der Waals surface area contributed by atoms with Gasteiger partial charge in [0.2, 0.25) is 0 Å². The van der Waals surface area contributed by atoms with Gasteiger partial charge in [0.05, 0.1) is 27.8 Å². The van der Waals surface area contributed by atoms with E-state index in [1.165, 1.54) is 12.1 Å². The Labute approximate surface area is 144 Å². The summed E-state index contributed by atoms with van der Waals surface area (Å²) in [4.78, 5) is 22.7. The molecular weight excluding hydrogens is 320 g/mol. The fourth-order valence-corrected chi connectivity index (χ4v) is 4.02. The van der Waals surface area contributed by atoms with Gasteiger partial charge < -0.3 is 10.4 Å². The summed E-state index contributed by atoms with van der Waals surface area (Å²) >= 11 is 0. The van der Waals surface area contributed by atoms with E-state index in [1.54, 1.807) is 0 Å². The first-order valence-electron chi connectivity index (χ1n) is 8.10. The first-order valence-corrected chi connectivity index (χ1v) is 8.10. The maximum atomic E-state index is 11.7. The molecule has 0 amide bonds. The molecule has 0 bridgehead atoms. The SMILES string of the molecule is O=C(O)c1ccc([N+](=O)[O-])c2c1N[C@H](c1ccccc1)[C@H]1CC=C[C@H]21. The molecule has 3 atom stereocenters. The third-order valence-corrected chi connectivity index (χ3v) is 5.08. The van der Waals surface area contributed by atoms with Gasteiger partial charge in [0, 0.05) is 12.0 Å². The van der Waals surface area contributed by atoms with Crippen molar-refractivity contribution in [1.82, 2.24) is 0 Å². The number of hydrogen-bond donors (Lipinski definition) is 2. The minimum atomic E-state index is -1.09. The standard InChI is InChI=1S/C19H16N2O4/c22-19(23)14-9-10-15(21(24)25)16-12-7-4-8-13(12)17(20-18(14)16)11-5-2-1-3-6-11/h1-7,9-10,12-13,17,20H,8H2,(H,22,23)/t12-,13-,17+/m0/s1. The van der Waals surface area contributed by atoms with Crippen LogP contribution in [-0.4, -0.2) is 16.0 Å². The molecule has 1 aliphatic carbocycles. The van der Waals surface area contributed by atoms with Gasteiger partial charge >= 0.3 is 5.97 Å². The van der Waals surface area contributed by atoms with Crippen LogP contribution in [0.25, 0.3) is 0 Å². The second-order valence-corrected chi connectivity index (χ2v) is 6.37. The minimum absolute atomic E-state index is 0.0273. The zero-order valence-corrected chi connectivity index (χ0v) is 13.3. The van der Waals surface area contributed by atoms with Gasteiger partial charge in [0.15, 0.2) is 0 Å². The second kappa shape index (κ2) is 5.73. The molecule has 0 fully saturated rings. The van der Waals surface area contributed by atoms with Crippen molar-refractivity contribution in [1.29, 1.82) is 0 Å². The number of carboxylic acids is 1. The van der Waals surface area contributed by atoms with Crippen LogP contribution in [0, 0.1) is 16.0 Å². The number of anilines is 1. The minimum Gasteiger partial charge on any atom is -0.478 e. The maximum Gasteiger partial charge on any atom is 0.337 e. The summed E-state index contributed by atoms with van der Waals surface area (Å²) in [6.45, 7) is 0. The fraction of sp³-hybridized carbons (Fsp3) is 0.211. The van der Waals surface area contributed by atoms with Gasteiger partial charge in [-0.05, 0) is 24.0 Å². The third kappa shape index (κ3) is 2.38. The highest BCUT2D eigenvalue weighted by atomic mass is 16.6. The molecule has 0 saturated heterocycles. The number of fused-ring (bicyclic) bond motifs is 3. The van der Waals surface area contributed by atoms with Crippen LogP contribution >= 0.6 is 0 Å². The Balaban J connectivity index is 1.93. The average molecular weight is 336 g/mol. The number of hydrogen-bond acceptors (Lipinski definition) is 4. The lowest BCUT2D eigenvalue weighted by atomic mass is 9.75. The van der Waals surface area contributed by atoms with Crippen molar-refractivity contribution in [3.05, 3.63) is 81.4 Å². The van der Waals surface area contributed by atoms with Crippen molar-refractivity contribution in [3.63, 3.8) is 0 Å². The van der Waals surface area contributed by atoms with Crippen molar-refractivity contribution < 1.29 is 14.8 Å². The van der Waals surface area contributed by atoms with Gasteiger partial charge in [-0.25, -0.2) is 4.79 Å². The molecule has 0 spiro atoms. The quantitative estimate of drug-likeness (QED) is 0.500. The zero-order chi connectivity index (χ0) is 17.6. The van der Waals surface area contributed by atoms with Gasteiger partial charge in [-0.1, -0.05) is 42.5 Å². The molecule has 2 N–H and O–H groups in total. The molecular formula is C19H16N2O4. The van der Waals surface area contributed by atoms with E-state index in [2.05, 4.69) is 5.32 Å². The Morgan fingerprint density at radius 3 is 2.64 bits per heavy atom. The third-order valence-electron chi connectivity index (χ3n) is 5.08. The number of nitro groups is 1. The lowest BCUT2D eigenvalue weighted by molar-refractivity contribution is -0.385. The van der Waals surface area contributed by atoms with E-state index in [-0.39, 0.29) is 29.1 Å². The van der Waals surface area contributed by atoms with Gasteiger partial charge in [0.1, 0.15) is 0 Å². The topological polar surface area (TPSA) is 92.5 Å². The van der Waals surface area contributed by atoms with Crippen LogP contribution in [0.3, 0.4) is 0 Å². The normalized spacial score (nSPS) is 23.4. The molecule has 0 saturated carbocycles. The van der Waals surface area contributed by atoms with Crippen molar-refractivity contribution in [2.45, 2.75) is 18.4 Å². The Morgan fingerprint density at radius 2 is 1.96 bits per heavy atom. The molecule has 126 valence electrons. The first kappa shape index (κ1) is 15.4. The van der Waals surface area contributed by atoms with Gasteiger partial charge in [0.25, 0.3) is 5.69 Å². The summed E-state index contributed by atoms with van der Waals surface area (Å²) in [6, 6.07) is 12.3. The summed E-state index contributed by atoms with van der Waals surface area (Å²) in [6.07, 6.45) is 4.79. The molecule has 1 aliphatic heterocycles. The zero-order valence-electron chi connectivity index (χ0n) is 13.3. The Morgan fingerprint density at radius 1 is 1.20 bits per heavy atom. The predicted molar refractivity (Wildman–Crippen MR) is 92.8 cm³/mol. The summed E-state index contributed by atoms with van der Waals surface area (Å²) < 4.78 is 0. The van der Waals surface area contributed by atoms with E-state index in [0.29, 0.717) is 11.3 Å². The van der Waals surface area contributed by atoms with Crippen molar-refractivity contribution >= 4 is 17.3 Å². The van der Waals surface area contributed by atoms with Crippen LogP contribution in [0.5, 0.6) is 0 Å². The van der Waals surface area contributed by atoms with Crippen LogP contribution < -0.4 is 5.32 Å². The number of aromatic carboxylic acids is 1. The molecule has 1 heterocycles. The maximum absolute atomic E-state index is 11.7. The average Bonchev–Trinajstić information content (AvgIpc) is 3.10. The fourth-order valence-electron chi connectivity index (χ4n) is 4.02. The van der Waals surface area contributed by atoms with Crippen LogP contribution in [0.4, 0.5) is 11.4 Å². The number of nitro benzene ring substituents is 1. The molecule has 0 radical (unpaired) electrons. The Bertz CT molecular complexity index is 892. The van der Waals surface area contributed by atoms with Crippen molar-refractivity contribution in [3.8, 4) is 0 Å². The van der Waals surface area contributed by atoms with E-state index in [0.717, 1.165) is 12.0 Å². The lowest BCUT2D eigenvalue weighted by Crippen LogP contribution is -2.30. The first-order chi connectivity index (χ1) is 12.1. The summed E-state index contributed by atoms with van der Waals surface area (Å²) in [5.41, 5.74) is 1.94. The predicted octanol–water partition coefficient (Wildman–Crippen LogP) is 4.12. The number of allylic oxidation sites excluding steroid dienone is 2. The number of nitrogens with one attached hydrogen (secondary N) is 1. The molecule has 2 aromatic carbocycles. The monoisotopic (exact) mass is 336 g/mol. The van der Waals surface area contributed by atoms with Crippen LogP contribution in [0.2, 0.25) is 0 Å². The number of nitrogens with zero attached hydrogens (tertiary/aromatic N) is 1. The number of benzene rings is 2. The van der Waals surface area contributed by atoms with Crippen LogP contribution in [0.15, 0.2) is 54.6 Å². The van der Waals surface area contributed by atoms with Crippen LogP contribution in [0.1, 0.15) is 39.9 Å². The summed E-state index contributed by atoms with van der Waals surface area (Å²) in [5.74, 6) is -1.13. The van der Waals surface area contributed by atoms with Gasteiger partial charge in [-0.2, -0.15) is 0 Å². The molecule has 0 aromatic heterocycles. The molecule has 2 aromatic rings. The van der Waals surface area contributed by atoms with Gasteiger partial charge in [-0.15, -0.1) is 0 Å². The van der Waals surface area contributed by atoms with E-state index < -0.39 is 10.9 Å². The highest BCUT2D eigenvalue weighted by Gasteiger charge is 2.43. The van der Waals surface area contributed by atoms with E-state index in [1.807, 2.05) is 42.5 Å². The van der Waals surface area contributed by atoms with E-state index in [9.17, 15) is 20.0 Å². The van der Waals surface area contributed by atoms with E-state index in [4.69, 9.17) is 0 Å². The smallest absolute Gasteiger partial charge is 0.337 e. The highest BCUT2D eigenvalue weighted by Crippen LogP contribution is 2.53. The number of rotatable bonds is 3. The van der Waals surface area contributed by atoms with Crippen LogP contribution in [-0.2, 0) is 0 Å². The van der Waals surface area contributed by atoms with E-state index >= 15 is 0 Å². The van der Waals surface area contributed by atoms with Gasteiger partial charge in [-0.3, -0.25) is 10.1 Å². The Kier molecular flexibility index (Phi) is 3.53. The molecule has 6 heteroatoms. The summed E-state index contributed by atoms with van der Waals surface area (Å²) in [5, 5.41) is 24.3. The number of carbonyl (C=O) groups is 1. The largest absolute Gasteiger partial charge is 0.478 e. The van der Waals surface area contributed by atoms with Crippen molar-refractivity contribution in [2.24, 2.45) is 5.92 Å². The highest BCUT2D eigenvalue weighted by molar-refractivity contribution is 5.97. The molecule has 4 rings (SSSR count). The van der Waals surface area contributed by atoms with Crippen molar-refractivity contribution in [2.75, 3.05) is 5.32 Å². The molecule has 2 aliphatic rings.